The second kappa shape index (κ2) is 6.45. The van der Waals surface area contributed by atoms with Gasteiger partial charge in [-0.3, -0.25) is 0 Å². The van der Waals surface area contributed by atoms with Crippen LogP contribution in [0.3, 0.4) is 0 Å². The number of halogens is 2. The van der Waals surface area contributed by atoms with Crippen LogP contribution in [0.15, 0.2) is 40.2 Å². The maximum Gasteiger partial charge on any atom is 0.128 e. The van der Waals surface area contributed by atoms with E-state index in [1.807, 2.05) is 19.2 Å². The number of rotatable bonds is 5. The molecule has 4 heteroatoms. The Labute approximate surface area is 119 Å². The molecule has 96 valence electrons. The fraction of sp³-hybridized carbons (Fsp3) is 0.286. The van der Waals surface area contributed by atoms with Crippen LogP contribution in [-0.2, 0) is 13.0 Å². The van der Waals surface area contributed by atoms with Gasteiger partial charge in [0, 0.05) is 28.0 Å². The van der Waals surface area contributed by atoms with Gasteiger partial charge in [-0.15, -0.1) is 11.3 Å². The van der Waals surface area contributed by atoms with Crippen LogP contribution in [-0.4, -0.2) is 18.5 Å². The number of hydrogen-bond acceptors (Lipinski definition) is 2. The Bertz CT molecular complexity index is 499. The highest BCUT2D eigenvalue weighted by molar-refractivity contribution is 9.10. The zero-order valence-electron chi connectivity index (χ0n) is 10.2. The molecule has 1 heterocycles. The summed E-state index contributed by atoms with van der Waals surface area (Å²) in [5.74, 6) is -0.146. The molecule has 18 heavy (non-hydrogen) atoms. The van der Waals surface area contributed by atoms with E-state index in [9.17, 15) is 4.39 Å². The molecule has 0 amide bonds. The lowest BCUT2D eigenvalue weighted by atomic mass is 10.2. The van der Waals surface area contributed by atoms with Crippen LogP contribution < -0.4 is 0 Å². The van der Waals surface area contributed by atoms with Crippen LogP contribution in [0.1, 0.15) is 10.4 Å². The Kier molecular flexibility index (Phi) is 4.92. The van der Waals surface area contributed by atoms with Gasteiger partial charge >= 0.3 is 0 Å². The average Bonchev–Trinajstić information content (AvgIpc) is 2.83. The molecule has 0 radical (unpaired) electrons. The Morgan fingerprint density at radius 2 is 2.17 bits per heavy atom. The molecule has 1 aromatic heterocycles. The maximum atomic E-state index is 13.7. The summed E-state index contributed by atoms with van der Waals surface area (Å²) >= 11 is 5.04. The van der Waals surface area contributed by atoms with Crippen molar-refractivity contribution in [2.24, 2.45) is 0 Å². The minimum Gasteiger partial charge on any atom is -0.302 e. The molecule has 2 aromatic rings. The van der Waals surface area contributed by atoms with Crippen molar-refractivity contribution in [1.82, 2.24) is 4.90 Å². The molecule has 0 aliphatic heterocycles. The molecule has 0 atom stereocenters. The normalized spacial score (nSPS) is 11.1. The average molecular weight is 328 g/mol. The molecular formula is C14H15BrFNS. The van der Waals surface area contributed by atoms with Gasteiger partial charge in [-0.05, 0) is 37.0 Å². The standard InChI is InChI=1S/C14H15BrFNS/c1-17(7-6-13-3-2-8-18-13)10-11-4-5-12(15)9-14(11)16/h2-5,8-9H,6-7,10H2,1H3. The number of thiophene rings is 1. The summed E-state index contributed by atoms with van der Waals surface area (Å²) in [6, 6.07) is 9.43. The highest BCUT2D eigenvalue weighted by Gasteiger charge is 2.06. The summed E-state index contributed by atoms with van der Waals surface area (Å²) in [5, 5.41) is 2.09. The fourth-order valence-electron chi connectivity index (χ4n) is 1.78. The van der Waals surface area contributed by atoms with Crippen LogP contribution in [0.5, 0.6) is 0 Å². The predicted octanol–water partition coefficient (Wildman–Crippen LogP) is 4.32. The van der Waals surface area contributed by atoms with Crippen molar-refractivity contribution in [3.05, 3.63) is 56.4 Å². The van der Waals surface area contributed by atoms with Gasteiger partial charge in [-0.1, -0.05) is 28.1 Å². The first-order chi connectivity index (χ1) is 8.65. The first-order valence-corrected chi connectivity index (χ1v) is 7.47. The third-order valence-corrected chi connectivity index (χ3v) is 4.20. The lowest BCUT2D eigenvalue weighted by Crippen LogP contribution is -2.21. The molecule has 0 N–H and O–H groups in total. The zero-order valence-corrected chi connectivity index (χ0v) is 12.6. The molecule has 0 fully saturated rings. The van der Waals surface area contributed by atoms with Crippen molar-refractivity contribution in [3.8, 4) is 0 Å². The topological polar surface area (TPSA) is 3.24 Å². The van der Waals surface area contributed by atoms with Crippen LogP contribution in [0.2, 0.25) is 0 Å². The van der Waals surface area contributed by atoms with Crippen LogP contribution in [0.25, 0.3) is 0 Å². The minimum absolute atomic E-state index is 0.146. The highest BCUT2D eigenvalue weighted by Crippen LogP contribution is 2.17. The molecule has 1 nitrogen and oxygen atoms in total. The van der Waals surface area contributed by atoms with Crippen molar-refractivity contribution in [2.45, 2.75) is 13.0 Å². The Balaban J connectivity index is 1.88. The number of likely N-dealkylation sites (N-methyl/N-ethyl adjacent to an activating group) is 1. The monoisotopic (exact) mass is 327 g/mol. The summed E-state index contributed by atoms with van der Waals surface area (Å²) < 4.78 is 14.5. The summed E-state index contributed by atoms with van der Waals surface area (Å²) in [6.45, 7) is 1.58. The lowest BCUT2D eigenvalue weighted by molar-refractivity contribution is 0.326. The van der Waals surface area contributed by atoms with E-state index >= 15 is 0 Å². The summed E-state index contributed by atoms with van der Waals surface area (Å²) in [6.07, 6.45) is 1.02. The van der Waals surface area contributed by atoms with E-state index in [1.54, 1.807) is 11.3 Å². The van der Waals surface area contributed by atoms with E-state index in [1.165, 1.54) is 10.9 Å². The van der Waals surface area contributed by atoms with Crippen LogP contribution >= 0.6 is 27.3 Å². The molecule has 1 aromatic carbocycles. The largest absolute Gasteiger partial charge is 0.302 e. The summed E-state index contributed by atoms with van der Waals surface area (Å²) in [5.41, 5.74) is 0.742. The van der Waals surface area contributed by atoms with Crippen molar-refractivity contribution < 1.29 is 4.39 Å². The minimum atomic E-state index is -0.146. The van der Waals surface area contributed by atoms with E-state index in [0.717, 1.165) is 23.0 Å². The third-order valence-electron chi connectivity index (χ3n) is 2.78. The highest BCUT2D eigenvalue weighted by atomic mass is 79.9. The zero-order chi connectivity index (χ0) is 13.0. The van der Waals surface area contributed by atoms with Gasteiger partial charge in [0.2, 0.25) is 0 Å². The van der Waals surface area contributed by atoms with E-state index in [2.05, 4.69) is 38.3 Å². The SMILES string of the molecule is CN(CCc1cccs1)Cc1ccc(Br)cc1F. The summed E-state index contributed by atoms with van der Waals surface area (Å²) in [7, 11) is 2.02. The summed E-state index contributed by atoms with van der Waals surface area (Å²) in [4.78, 5) is 3.52. The van der Waals surface area contributed by atoms with E-state index < -0.39 is 0 Å². The van der Waals surface area contributed by atoms with Crippen molar-refractivity contribution in [3.63, 3.8) is 0 Å². The fourth-order valence-corrected chi connectivity index (χ4v) is 2.81. The molecule has 0 spiro atoms. The van der Waals surface area contributed by atoms with Gasteiger partial charge < -0.3 is 4.90 Å². The lowest BCUT2D eigenvalue weighted by Gasteiger charge is -2.16. The second-order valence-electron chi connectivity index (χ2n) is 4.30. The van der Waals surface area contributed by atoms with Gasteiger partial charge in [-0.25, -0.2) is 4.39 Å². The van der Waals surface area contributed by atoms with Crippen molar-refractivity contribution in [2.75, 3.05) is 13.6 Å². The van der Waals surface area contributed by atoms with Gasteiger partial charge in [0.1, 0.15) is 5.82 Å². The predicted molar refractivity (Wildman–Crippen MR) is 78.5 cm³/mol. The molecular weight excluding hydrogens is 313 g/mol. The number of benzene rings is 1. The molecule has 2 rings (SSSR count). The smallest absolute Gasteiger partial charge is 0.128 e. The Morgan fingerprint density at radius 1 is 1.33 bits per heavy atom. The Hall–Kier alpha value is -0.710. The molecule has 0 aliphatic rings. The molecule has 0 saturated heterocycles. The molecule has 0 aliphatic carbocycles. The first-order valence-electron chi connectivity index (χ1n) is 5.80. The van der Waals surface area contributed by atoms with E-state index in [-0.39, 0.29) is 5.82 Å². The molecule has 0 saturated carbocycles. The molecule has 0 unspecified atom stereocenters. The number of hydrogen-bond donors (Lipinski definition) is 0. The van der Waals surface area contributed by atoms with Crippen LogP contribution in [0, 0.1) is 5.82 Å². The number of nitrogens with zero attached hydrogens (tertiary/aromatic N) is 1. The molecule has 0 bridgehead atoms. The second-order valence-corrected chi connectivity index (χ2v) is 6.25. The third kappa shape index (κ3) is 3.90. The van der Waals surface area contributed by atoms with Crippen molar-refractivity contribution >= 4 is 27.3 Å². The van der Waals surface area contributed by atoms with E-state index in [0.29, 0.717) is 6.54 Å². The van der Waals surface area contributed by atoms with Gasteiger partial charge in [0.25, 0.3) is 0 Å². The quantitative estimate of drug-likeness (QED) is 0.790. The van der Waals surface area contributed by atoms with Gasteiger partial charge in [-0.2, -0.15) is 0 Å². The first kappa shape index (κ1) is 13.7. The van der Waals surface area contributed by atoms with Gasteiger partial charge in [0.05, 0.1) is 0 Å². The Morgan fingerprint density at radius 3 is 2.83 bits per heavy atom. The van der Waals surface area contributed by atoms with Gasteiger partial charge in [0.15, 0.2) is 0 Å². The van der Waals surface area contributed by atoms with Crippen LogP contribution in [0.4, 0.5) is 4.39 Å². The van der Waals surface area contributed by atoms with E-state index in [4.69, 9.17) is 0 Å². The maximum absolute atomic E-state index is 13.7. The van der Waals surface area contributed by atoms with Crippen molar-refractivity contribution in [1.29, 1.82) is 0 Å².